The van der Waals surface area contributed by atoms with Crippen molar-refractivity contribution < 1.29 is 23.7 Å². The minimum atomic E-state index is -0.0670. The van der Waals surface area contributed by atoms with Gasteiger partial charge in [-0.05, 0) is 42.7 Å². The molecule has 2 aromatic rings. The predicted molar refractivity (Wildman–Crippen MR) is 123 cm³/mol. The fraction of sp³-hybridized carbons (Fsp3) is 0.480. The SMILES string of the molecule is COc1cc(CC(=O)NCc2ccccc2CN2CC(C)OC(C)C2)cc(OC)c1OC. The summed E-state index contributed by atoms with van der Waals surface area (Å²) < 4.78 is 22.0. The molecule has 1 N–H and O–H groups in total. The van der Waals surface area contributed by atoms with E-state index >= 15 is 0 Å². The minimum absolute atomic E-state index is 0.0670. The number of hydrogen-bond acceptors (Lipinski definition) is 6. The van der Waals surface area contributed by atoms with Gasteiger partial charge >= 0.3 is 0 Å². The number of amides is 1. The Morgan fingerprint density at radius 2 is 1.59 bits per heavy atom. The molecule has 1 heterocycles. The highest BCUT2D eigenvalue weighted by molar-refractivity contribution is 5.79. The Hall–Kier alpha value is -2.77. The van der Waals surface area contributed by atoms with Crippen molar-refractivity contribution in [2.75, 3.05) is 34.4 Å². The maximum atomic E-state index is 12.7. The van der Waals surface area contributed by atoms with Crippen molar-refractivity contribution in [3.8, 4) is 17.2 Å². The molecule has 2 aromatic carbocycles. The van der Waals surface area contributed by atoms with Crippen LogP contribution in [0.3, 0.4) is 0 Å². The lowest BCUT2D eigenvalue weighted by Gasteiger charge is -2.35. The first-order valence-electron chi connectivity index (χ1n) is 10.9. The van der Waals surface area contributed by atoms with Crippen molar-refractivity contribution in [3.05, 3.63) is 53.1 Å². The number of benzene rings is 2. The summed E-state index contributed by atoms with van der Waals surface area (Å²) in [7, 11) is 4.69. The molecule has 2 atom stereocenters. The zero-order valence-electron chi connectivity index (χ0n) is 19.6. The van der Waals surface area contributed by atoms with E-state index in [0.29, 0.717) is 23.8 Å². The van der Waals surface area contributed by atoms with Gasteiger partial charge in [0.1, 0.15) is 0 Å². The number of nitrogens with one attached hydrogen (secondary N) is 1. The largest absolute Gasteiger partial charge is 0.493 e. The number of carbonyl (C=O) groups excluding carboxylic acids is 1. The quantitative estimate of drug-likeness (QED) is 0.643. The third-order valence-corrected chi connectivity index (χ3v) is 5.57. The summed E-state index contributed by atoms with van der Waals surface area (Å²) in [5, 5.41) is 3.05. The lowest BCUT2D eigenvalue weighted by molar-refractivity contribution is -0.120. The van der Waals surface area contributed by atoms with E-state index < -0.39 is 0 Å². The summed E-state index contributed by atoms with van der Waals surface area (Å²) in [5.41, 5.74) is 3.14. The van der Waals surface area contributed by atoms with Crippen molar-refractivity contribution in [3.63, 3.8) is 0 Å². The van der Waals surface area contributed by atoms with Crippen molar-refractivity contribution in [1.82, 2.24) is 10.2 Å². The highest BCUT2D eigenvalue weighted by Gasteiger charge is 2.22. The van der Waals surface area contributed by atoms with E-state index in [2.05, 4.69) is 36.2 Å². The van der Waals surface area contributed by atoms with Gasteiger partial charge in [-0.15, -0.1) is 0 Å². The summed E-state index contributed by atoms with van der Waals surface area (Å²) in [6.45, 7) is 7.36. The van der Waals surface area contributed by atoms with Gasteiger partial charge in [0.05, 0.1) is 40.0 Å². The molecule has 0 aromatic heterocycles. The lowest BCUT2D eigenvalue weighted by Crippen LogP contribution is -2.45. The maximum Gasteiger partial charge on any atom is 0.224 e. The number of ether oxygens (including phenoxy) is 4. The monoisotopic (exact) mass is 442 g/mol. The molecule has 1 amide bonds. The van der Waals surface area contributed by atoms with Gasteiger partial charge in [0.2, 0.25) is 11.7 Å². The Morgan fingerprint density at radius 1 is 1.00 bits per heavy atom. The summed E-state index contributed by atoms with van der Waals surface area (Å²) in [4.78, 5) is 15.1. The lowest BCUT2D eigenvalue weighted by atomic mass is 10.1. The van der Waals surface area contributed by atoms with Crippen LogP contribution in [-0.4, -0.2) is 57.4 Å². The summed E-state index contributed by atoms with van der Waals surface area (Å²) in [5.74, 6) is 1.52. The molecule has 1 saturated heterocycles. The Balaban J connectivity index is 1.63. The normalized spacial score (nSPS) is 18.8. The standard InChI is InChI=1S/C25H34N2O5/c1-17-14-27(15-18(2)32-17)16-21-9-7-6-8-20(21)13-26-24(28)12-19-10-22(29-3)25(31-5)23(11-19)30-4/h6-11,17-18H,12-16H2,1-5H3,(H,26,28). The van der Waals surface area contributed by atoms with E-state index in [1.807, 2.05) is 12.1 Å². The van der Waals surface area contributed by atoms with Crippen molar-refractivity contribution in [2.45, 2.75) is 45.6 Å². The van der Waals surface area contributed by atoms with Crippen LogP contribution in [0.15, 0.2) is 36.4 Å². The molecule has 0 spiro atoms. The van der Waals surface area contributed by atoms with Crippen LogP contribution in [0.4, 0.5) is 0 Å². The Morgan fingerprint density at radius 3 is 2.16 bits per heavy atom. The van der Waals surface area contributed by atoms with Crippen LogP contribution in [0.5, 0.6) is 17.2 Å². The average Bonchev–Trinajstić information content (AvgIpc) is 2.77. The van der Waals surface area contributed by atoms with E-state index in [1.54, 1.807) is 33.5 Å². The predicted octanol–water partition coefficient (Wildman–Crippen LogP) is 3.18. The number of hydrogen-bond donors (Lipinski definition) is 1. The summed E-state index contributed by atoms with van der Waals surface area (Å²) >= 11 is 0. The molecule has 0 aliphatic carbocycles. The van der Waals surface area contributed by atoms with E-state index in [-0.39, 0.29) is 24.5 Å². The average molecular weight is 443 g/mol. The van der Waals surface area contributed by atoms with E-state index in [0.717, 1.165) is 30.8 Å². The van der Waals surface area contributed by atoms with Crippen LogP contribution in [0.2, 0.25) is 0 Å². The fourth-order valence-electron chi connectivity index (χ4n) is 4.22. The van der Waals surface area contributed by atoms with E-state index in [9.17, 15) is 4.79 Å². The number of rotatable bonds is 9. The molecule has 1 aliphatic rings. The summed E-state index contributed by atoms with van der Waals surface area (Å²) in [6.07, 6.45) is 0.672. The number of carbonyl (C=O) groups is 1. The zero-order chi connectivity index (χ0) is 23.1. The van der Waals surface area contributed by atoms with E-state index in [4.69, 9.17) is 18.9 Å². The second-order valence-electron chi connectivity index (χ2n) is 8.21. The Labute approximate surface area is 190 Å². The van der Waals surface area contributed by atoms with Crippen LogP contribution in [-0.2, 0) is 29.0 Å². The van der Waals surface area contributed by atoms with Crippen molar-refractivity contribution in [2.24, 2.45) is 0 Å². The van der Waals surface area contributed by atoms with Crippen LogP contribution in [0, 0.1) is 0 Å². The van der Waals surface area contributed by atoms with Crippen LogP contribution in [0.1, 0.15) is 30.5 Å². The first-order chi connectivity index (χ1) is 15.4. The minimum Gasteiger partial charge on any atom is -0.493 e. The van der Waals surface area contributed by atoms with Gasteiger partial charge in [0, 0.05) is 26.2 Å². The molecule has 3 rings (SSSR count). The van der Waals surface area contributed by atoms with Gasteiger partial charge in [-0.25, -0.2) is 0 Å². The third kappa shape index (κ3) is 6.14. The number of nitrogens with zero attached hydrogens (tertiary/aromatic N) is 1. The molecule has 2 unspecified atom stereocenters. The molecule has 174 valence electrons. The maximum absolute atomic E-state index is 12.7. The number of methoxy groups -OCH3 is 3. The second kappa shape index (κ2) is 11.2. The molecule has 32 heavy (non-hydrogen) atoms. The first kappa shape index (κ1) is 23.9. The molecular formula is C25H34N2O5. The van der Waals surface area contributed by atoms with Gasteiger partial charge in [-0.2, -0.15) is 0 Å². The van der Waals surface area contributed by atoms with Crippen molar-refractivity contribution >= 4 is 5.91 Å². The smallest absolute Gasteiger partial charge is 0.224 e. The fourth-order valence-corrected chi connectivity index (χ4v) is 4.22. The summed E-state index contributed by atoms with van der Waals surface area (Å²) in [6, 6.07) is 11.9. The van der Waals surface area contributed by atoms with Gasteiger partial charge in [0.25, 0.3) is 0 Å². The Kier molecular flexibility index (Phi) is 8.36. The third-order valence-electron chi connectivity index (χ3n) is 5.57. The molecule has 0 saturated carbocycles. The topological polar surface area (TPSA) is 69.3 Å². The zero-order valence-corrected chi connectivity index (χ0v) is 19.6. The van der Waals surface area contributed by atoms with Gasteiger partial charge in [0.15, 0.2) is 11.5 Å². The highest BCUT2D eigenvalue weighted by atomic mass is 16.5. The van der Waals surface area contributed by atoms with Crippen LogP contribution in [0.25, 0.3) is 0 Å². The van der Waals surface area contributed by atoms with Gasteiger partial charge < -0.3 is 24.3 Å². The molecule has 1 aliphatic heterocycles. The second-order valence-corrected chi connectivity index (χ2v) is 8.21. The molecular weight excluding hydrogens is 408 g/mol. The van der Waals surface area contributed by atoms with E-state index in [1.165, 1.54) is 5.56 Å². The Bertz CT molecular complexity index is 882. The first-order valence-corrected chi connectivity index (χ1v) is 10.9. The van der Waals surface area contributed by atoms with Crippen molar-refractivity contribution in [1.29, 1.82) is 0 Å². The molecule has 7 heteroatoms. The number of morpholine rings is 1. The van der Waals surface area contributed by atoms with Gasteiger partial charge in [-0.3, -0.25) is 9.69 Å². The highest BCUT2D eigenvalue weighted by Crippen LogP contribution is 2.38. The van der Waals surface area contributed by atoms with Gasteiger partial charge in [-0.1, -0.05) is 24.3 Å². The molecule has 0 bridgehead atoms. The molecule has 7 nitrogen and oxygen atoms in total. The molecule has 1 fully saturated rings. The molecule has 0 radical (unpaired) electrons. The van der Waals surface area contributed by atoms with Crippen LogP contribution < -0.4 is 19.5 Å². The van der Waals surface area contributed by atoms with Crippen LogP contribution >= 0.6 is 0 Å².